The summed E-state index contributed by atoms with van der Waals surface area (Å²) in [4.78, 5) is 39.6. The van der Waals surface area contributed by atoms with E-state index < -0.39 is 17.2 Å². The molecule has 0 saturated carbocycles. The van der Waals surface area contributed by atoms with E-state index in [1.165, 1.54) is 10.6 Å². The maximum atomic E-state index is 12.5. The maximum absolute atomic E-state index is 12.5. The first-order chi connectivity index (χ1) is 13.0. The first-order valence-electron chi connectivity index (χ1n) is 8.21. The van der Waals surface area contributed by atoms with Crippen LogP contribution in [0.1, 0.15) is 12.5 Å². The summed E-state index contributed by atoms with van der Waals surface area (Å²) in [5, 5.41) is 6.43. The monoisotopic (exact) mass is 404 g/mol. The summed E-state index contributed by atoms with van der Waals surface area (Å²) in [6.07, 6.45) is 0.0139. The average Bonchev–Trinajstić information content (AvgIpc) is 2.65. The van der Waals surface area contributed by atoms with Gasteiger partial charge in [-0.05, 0) is 18.2 Å². The third kappa shape index (κ3) is 3.09. The van der Waals surface area contributed by atoms with E-state index in [1.807, 2.05) is 18.2 Å². The predicted octanol–water partition coefficient (Wildman–Crippen LogP) is 2.99. The fourth-order valence-electron chi connectivity index (χ4n) is 3.28. The smallest absolute Gasteiger partial charge is 0.317 e. The minimum absolute atomic E-state index is 0.0139. The zero-order valence-corrected chi connectivity index (χ0v) is 15.4. The Balaban J connectivity index is 1.76. The molecule has 4 rings (SSSR count). The number of carbonyl (C=O) groups is 1. The molecule has 2 aromatic carbocycles. The van der Waals surface area contributed by atoms with Gasteiger partial charge in [0.25, 0.3) is 0 Å². The largest absolute Gasteiger partial charge is 0.380 e. The molecule has 0 saturated heterocycles. The lowest BCUT2D eigenvalue weighted by Crippen LogP contribution is -2.43. The van der Waals surface area contributed by atoms with Gasteiger partial charge in [0, 0.05) is 18.7 Å². The van der Waals surface area contributed by atoms with E-state index in [2.05, 4.69) is 15.6 Å². The van der Waals surface area contributed by atoms with Crippen molar-refractivity contribution in [3.05, 3.63) is 67.2 Å². The Kier molecular flexibility index (Phi) is 4.41. The van der Waals surface area contributed by atoms with Gasteiger partial charge in [-0.1, -0.05) is 41.4 Å². The molecule has 1 aliphatic heterocycles. The second kappa shape index (κ2) is 6.75. The topological polar surface area (TPSA) is 96.0 Å². The Morgan fingerprint density at radius 2 is 1.96 bits per heavy atom. The van der Waals surface area contributed by atoms with E-state index in [1.54, 1.807) is 12.1 Å². The molecular weight excluding hydrogens is 391 g/mol. The van der Waals surface area contributed by atoms with Gasteiger partial charge in [-0.25, -0.2) is 0 Å². The van der Waals surface area contributed by atoms with Crippen molar-refractivity contribution < 1.29 is 4.79 Å². The molecule has 0 bridgehead atoms. The van der Waals surface area contributed by atoms with Crippen molar-refractivity contribution in [3.63, 3.8) is 0 Å². The van der Waals surface area contributed by atoms with Crippen LogP contribution < -0.4 is 21.8 Å². The van der Waals surface area contributed by atoms with Crippen LogP contribution in [-0.4, -0.2) is 22.0 Å². The molecule has 9 heteroatoms. The maximum Gasteiger partial charge on any atom is 0.317 e. The molecule has 138 valence electrons. The molecule has 3 N–H and O–H groups in total. The van der Waals surface area contributed by atoms with Crippen molar-refractivity contribution in [3.8, 4) is 0 Å². The normalized spacial score (nSPS) is 15.4. The first-order valence-corrected chi connectivity index (χ1v) is 8.96. The second-order valence-electron chi connectivity index (χ2n) is 6.23. The first kappa shape index (κ1) is 17.6. The summed E-state index contributed by atoms with van der Waals surface area (Å²) >= 11 is 12.4. The Labute approximate surface area is 162 Å². The van der Waals surface area contributed by atoms with Crippen LogP contribution in [0.15, 0.2) is 46.0 Å². The number of hydrogen-bond acceptors (Lipinski definition) is 4. The van der Waals surface area contributed by atoms with Gasteiger partial charge in [0.2, 0.25) is 5.91 Å². The van der Waals surface area contributed by atoms with Gasteiger partial charge < -0.3 is 15.6 Å². The molecule has 27 heavy (non-hydrogen) atoms. The van der Waals surface area contributed by atoms with Crippen molar-refractivity contribution in [1.29, 1.82) is 0 Å². The third-order valence-electron chi connectivity index (χ3n) is 4.45. The number of anilines is 2. The highest BCUT2D eigenvalue weighted by molar-refractivity contribution is 6.45. The highest BCUT2D eigenvalue weighted by atomic mass is 35.5. The van der Waals surface area contributed by atoms with Gasteiger partial charge in [0.15, 0.2) is 0 Å². The fourth-order valence-corrected chi connectivity index (χ4v) is 3.70. The molecule has 7 nitrogen and oxygen atoms in total. The van der Waals surface area contributed by atoms with Crippen molar-refractivity contribution in [2.45, 2.75) is 12.5 Å². The number of H-pyrrole nitrogens is 1. The number of aromatic nitrogens is 2. The van der Waals surface area contributed by atoms with Gasteiger partial charge in [0.1, 0.15) is 0 Å². The predicted molar refractivity (Wildman–Crippen MR) is 106 cm³/mol. The number of amides is 1. The molecule has 1 unspecified atom stereocenters. The lowest BCUT2D eigenvalue weighted by atomic mass is 10.1. The number of benzene rings is 2. The number of halogens is 2. The number of rotatable bonds is 3. The van der Waals surface area contributed by atoms with Crippen molar-refractivity contribution in [1.82, 2.24) is 9.55 Å². The van der Waals surface area contributed by atoms with Crippen LogP contribution >= 0.6 is 23.2 Å². The molecule has 1 aromatic heterocycles. The molecule has 1 amide bonds. The SMILES string of the molecule is O=C(CC1CNc2c(Cl)c(Cl)cc3[nH]c(=O)c(=O)n1c23)Nc1ccccc1. The lowest BCUT2D eigenvalue weighted by Gasteiger charge is -2.29. The number of nitrogens with one attached hydrogen (secondary N) is 3. The second-order valence-corrected chi connectivity index (χ2v) is 7.01. The Morgan fingerprint density at radius 3 is 2.70 bits per heavy atom. The minimum Gasteiger partial charge on any atom is -0.380 e. The fraction of sp³-hybridized carbons (Fsp3) is 0.167. The van der Waals surface area contributed by atoms with Gasteiger partial charge >= 0.3 is 11.1 Å². The molecule has 2 heterocycles. The Hall–Kier alpha value is -2.77. The van der Waals surface area contributed by atoms with E-state index >= 15 is 0 Å². The van der Waals surface area contributed by atoms with Crippen molar-refractivity contribution in [2.75, 3.05) is 17.2 Å². The van der Waals surface area contributed by atoms with Crippen LogP contribution in [0.4, 0.5) is 11.4 Å². The van der Waals surface area contributed by atoms with Crippen LogP contribution in [-0.2, 0) is 4.79 Å². The third-order valence-corrected chi connectivity index (χ3v) is 5.24. The summed E-state index contributed by atoms with van der Waals surface area (Å²) in [6.45, 7) is 0.258. The molecule has 3 aromatic rings. The molecule has 1 atom stereocenters. The highest BCUT2D eigenvalue weighted by Gasteiger charge is 2.28. The number of nitrogens with zero attached hydrogens (tertiary/aromatic N) is 1. The highest BCUT2D eigenvalue weighted by Crippen LogP contribution is 2.39. The summed E-state index contributed by atoms with van der Waals surface area (Å²) in [5.74, 6) is -0.267. The zero-order valence-electron chi connectivity index (χ0n) is 13.9. The van der Waals surface area contributed by atoms with Crippen LogP contribution in [0.25, 0.3) is 11.0 Å². The van der Waals surface area contributed by atoms with E-state index in [-0.39, 0.29) is 28.9 Å². The quantitative estimate of drug-likeness (QED) is 0.584. The summed E-state index contributed by atoms with van der Waals surface area (Å²) < 4.78 is 1.33. The van der Waals surface area contributed by atoms with E-state index in [0.717, 1.165) is 0 Å². The van der Waals surface area contributed by atoms with Gasteiger partial charge in [0.05, 0.1) is 32.8 Å². The van der Waals surface area contributed by atoms with Crippen molar-refractivity contribution >= 4 is 51.5 Å². The summed E-state index contributed by atoms with van der Waals surface area (Å²) in [6, 6.07) is 9.95. The molecule has 1 aliphatic rings. The standard InChI is InChI=1S/C18H14Cl2N4O3/c19-11-7-12-16-15(14(11)20)21-8-10(24(16)18(27)17(26)23-12)6-13(25)22-9-4-2-1-3-5-9/h1-5,7,10,21H,6,8H2,(H,22,25)(H,23,26). The molecule has 0 fully saturated rings. The Bertz CT molecular complexity index is 1170. The summed E-state index contributed by atoms with van der Waals surface area (Å²) in [5.41, 5.74) is 0.419. The van der Waals surface area contributed by atoms with Crippen LogP contribution in [0.3, 0.4) is 0 Å². The van der Waals surface area contributed by atoms with Crippen LogP contribution in [0, 0.1) is 0 Å². The molecule has 0 spiro atoms. The van der Waals surface area contributed by atoms with Crippen LogP contribution in [0.5, 0.6) is 0 Å². The van der Waals surface area contributed by atoms with Gasteiger partial charge in [-0.15, -0.1) is 0 Å². The van der Waals surface area contributed by atoms with Gasteiger partial charge in [-0.2, -0.15) is 0 Å². The number of hydrogen-bond donors (Lipinski definition) is 3. The van der Waals surface area contributed by atoms with E-state index in [4.69, 9.17) is 23.2 Å². The average molecular weight is 405 g/mol. The van der Waals surface area contributed by atoms with E-state index in [0.29, 0.717) is 22.4 Å². The van der Waals surface area contributed by atoms with Gasteiger partial charge in [-0.3, -0.25) is 19.0 Å². The number of carbonyl (C=O) groups excluding carboxylic acids is 1. The van der Waals surface area contributed by atoms with E-state index in [9.17, 15) is 14.4 Å². The number of aromatic amines is 1. The lowest BCUT2D eigenvalue weighted by molar-refractivity contribution is -0.116. The minimum atomic E-state index is -0.776. The molecule has 0 radical (unpaired) electrons. The Morgan fingerprint density at radius 1 is 1.22 bits per heavy atom. The zero-order chi connectivity index (χ0) is 19.1. The van der Waals surface area contributed by atoms with Crippen molar-refractivity contribution in [2.24, 2.45) is 0 Å². The summed E-state index contributed by atoms with van der Waals surface area (Å²) in [7, 11) is 0. The molecular formula is C18H14Cl2N4O3. The molecule has 0 aliphatic carbocycles. The van der Waals surface area contributed by atoms with Crippen LogP contribution in [0.2, 0.25) is 10.0 Å². The number of para-hydroxylation sites is 1.